The van der Waals surface area contributed by atoms with Gasteiger partial charge in [-0.05, 0) is 42.0 Å². The molecule has 3 aliphatic rings. The van der Waals surface area contributed by atoms with E-state index in [9.17, 15) is 9.59 Å². The second kappa shape index (κ2) is 7.32. The normalized spacial score (nSPS) is 26.2. The van der Waals surface area contributed by atoms with E-state index in [4.69, 9.17) is 23.2 Å². The molecule has 0 spiro atoms. The standard InChI is InChI=1S/C25H19Cl2N3O2/c26-18-8-7-16(20(27)10-18)12-29-13-17(19-3-1-2-4-21(19)29)11-28-30-24(31)22-14-5-6-15(9-14)23(22)25(30)32/h1-8,10-11,13-15,22-23H,9,12H2/b28-11-/t14-,15-,22-,23+/m0/s1. The number of amides is 2. The molecule has 5 nitrogen and oxygen atoms in total. The van der Waals surface area contributed by atoms with E-state index in [-0.39, 0.29) is 35.5 Å². The lowest BCUT2D eigenvalue weighted by molar-refractivity contribution is -0.140. The van der Waals surface area contributed by atoms with Gasteiger partial charge < -0.3 is 4.57 Å². The predicted molar refractivity (Wildman–Crippen MR) is 125 cm³/mol. The molecule has 4 atom stereocenters. The Morgan fingerprint density at radius 1 is 1.00 bits per heavy atom. The van der Waals surface area contributed by atoms with Crippen molar-refractivity contribution in [3.8, 4) is 0 Å². The Hall–Kier alpha value is -2.89. The summed E-state index contributed by atoms with van der Waals surface area (Å²) in [5, 5.41) is 7.63. The number of hydrazone groups is 1. The minimum absolute atomic E-state index is 0.174. The first-order valence-corrected chi connectivity index (χ1v) is 11.4. The van der Waals surface area contributed by atoms with Crippen molar-refractivity contribution in [1.82, 2.24) is 9.58 Å². The van der Waals surface area contributed by atoms with Crippen LogP contribution in [0.5, 0.6) is 0 Å². The van der Waals surface area contributed by atoms with Gasteiger partial charge in [0.15, 0.2) is 0 Å². The predicted octanol–water partition coefficient (Wildman–Crippen LogP) is 5.14. The Kier molecular flexibility index (Phi) is 4.52. The van der Waals surface area contributed by atoms with E-state index in [0.717, 1.165) is 33.5 Å². The van der Waals surface area contributed by atoms with E-state index in [1.165, 1.54) is 0 Å². The molecule has 3 aromatic rings. The Balaban J connectivity index is 1.32. The largest absolute Gasteiger partial charge is 0.342 e. The average Bonchev–Trinajstić information content (AvgIpc) is 3.53. The van der Waals surface area contributed by atoms with Crippen LogP contribution in [0, 0.1) is 23.7 Å². The molecule has 2 amide bonds. The summed E-state index contributed by atoms with van der Waals surface area (Å²) in [7, 11) is 0. The molecular weight excluding hydrogens is 445 g/mol. The number of hydrogen-bond donors (Lipinski definition) is 0. The number of halogens is 2. The van der Waals surface area contributed by atoms with Gasteiger partial charge in [-0.1, -0.05) is 59.6 Å². The number of imide groups is 1. The van der Waals surface area contributed by atoms with Gasteiger partial charge in [0.05, 0.1) is 18.1 Å². The molecule has 7 heteroatoms. The third kappa shape index (κ3) is 2.95. The Labute approximate surface area is 194 Å². The number of para-hydroxylation sites is 1. The van der Waals surface area contributed by atoms with Crippen LogP contribution >= 0.6 is 23.2 Å². The molecule has 0 unspecified atom stereocenters. The van der Waals surface area contributed by atoms with Crippen molar-refractivity contribution < 1.29 is 9.59 Å². The van der Waals surface area contributed by atoms with Crippen molar-refractivity contribution in [3.05, 3.63) is 82.0 Å². The van der Waals surface area contributed by atoms with Crippen LogP contribution in [0.25, 0.3) is 10.9 Å². The third-order valence-electron chi connectivity index (χ3n) is 6.93. The number of hydrogen-bond acceptors (Lipinski definition) is 3. The van der Waals surface area contributed by atoms with E-state index < -0.39 is 0 Å². The first kappa shape index (κ1) is 19.8. The zero-order valence-electron chi connectivity index (χ0n) is 17.0. The van der Waals surface area contributed by atoms with Crippen LogP contribution < -0.4 is 0 Å². The van der Waals surface area contributed by atoms with Gasteiger partial charge in [0, 0.05) is 39.3 Å². The van der Waals surface area contributed by atoms with E-state index in [1.807, 2.05) is 42.6 Å². The molecule has 2 aliphatic carbocycles. The molecular formula is C25H19Cl2N3O2. The zero-order valence-corrected chi connectivity index (χ0v) is 18.5. The summed E-state index contributed by atoms with van der Waals surface area (Å²) in [6.45, 7) is 0.561. The van der Waals surface area contributed by atoms with Gasteiger partial charge in [-0.15, -0.1) is 0 Å². The van der Waals surface area contributed by atoms with Gasteiger partial charge in [-0.2, -0.15) is 10.1 Å². The third-order valence-corrected chi connectivity index (χ3v) is 7.52. The van der Waals surface area contributed by atoms with Crippen molar-refractivity contribution in [1.29, 1.82) is 0 Å². The van der Waals surface area contributed by atoms with E-state index in [0.29, 0.717) is 16.6 Å². The summed E-state index contributed by atoms with van der Waals surface area (Å²) in [5.41, 5.74) is 2.80. The molecule has 1 aromatic heterocycles. The minimum Gasteiger partial charge on any atom is -0.342 e. The quantitative estimate of drug-likeness (QED) is 0.305. The van der Waals surface area contributed by atoms with Gasteiger partial charge >= 0.3 is 0 Å². The number of nitrogens with zero attached hydrogens (tertiary/aromatic N) is 3. The van der Waals surface area contributed by atoms with E-state index in [2.05, 4.69) is 21.8 Å². The number of benzene rings is 2. The SMILES string of the molecule is O=C1[C@@H]2[C@H](C(=O)N1/N=C\c1cn(Cc3ccc(Cl)cc3Cl)c3ccccc13)[C@H]1C=C[C@H]2C1. The molecule has 160 valence electrons. The summed E-state index contributed by atoms with van der Waals surface area (Å²) in [5.74, 6) is -0.499. The highest BCUT2D eigenvalue weighted by molar-refractivity contribution is 6.35. The molecule has 2 aromatic carbocycles. The number of allylic oxidation sites excluding steroid dienone is 2. The van der Waals surface area contributed by atoms with Crippen LogP contribution in [0.2, 0.25) is 10.0 Å². The molecule has 2 bridgehead atoms. The first-order valence-electron chi connectivity index (χ1n) is 10.6. The Morgan fingerprint density at radius 2 is 1.72 bits per heavy atom. The molecule has 2 fully saturated rings. The highest BCUT2D eigenvalue weighted by atomic mass is 35.5. The number of rotatable bonds is 4. The maximum Gasteiger partial charge on any atom is 0.254 e. The maximum atomic E-state index is 12.9. The van der Waals surface area contributed by atoms with Crippen LogP contribution in [0.1, 0.15) is 17.5 Å². The van der Waals surface area contributed by atoms with Gasteiger partial charge in [0.2, 0.25) is 0 Å². The van der Waals surface area contributed by atoms with Crippen molar-refractivity contribution in [3.63, 3.8) is 0 Å². The molecule has 2 heterocycles. The molecule has 6 rings (SSSR count). The maximum absolute atomic E-state index is 12.9. The highest BCUT2D eigenvalue weighted by Crippen LogP contribution is 2.52. The minimum atomic E-state index is -0.247. The van der Waals surface area contributed by atoms with Crippen LogP contribution in [-0.2, 0) is 16.1 Å². The number of fused-ring (bicyclic) bond motifs is 6. The van der Waals surface area contributed by atoms with Gasteiger partial charge in [-0.25, -0.2) is 0 Å². The monoisotopic (exact) mass is 463 g/mol. The molecule has 0 N–H and O–H groups in total. The second-order valence-corrected chi connectivity index (χ2v) is 9.54. The van der Waals surface area contributed by atoms with Crippen LogP contribution in [0.3, 0.4) is 0 Å². The molecule has 0 radical (unpaired) electrons. The average molecular weight is 464 g/mol. The van der Waals surface area contributed by atoms with Gasteiger partial charge in [0.25, 0.3) is 11.8 Å². The lowest BCUT2D eigenvalue weighted by atomic mass is 9.85. The lowest BCUT2D eigenvalue weighted by Gasteiger charge is -2.13. The van der Waals surface area contributed by atoms with Crippen LogP contribution in [0.4, 0.5) is 0 Å². The highest BCUT2D eigenvalue weighted by Gasteiger charge is 2.59. The fraction of sp³-hybridized carbons (Fsp3) is 0.240. The number of carbonyl (C=O) groups is 2. The first-order chi connectivity index (χ1) is 15.5. The van der Waals surface area contributed by atoms with E-state index in [1.54, 1.807) is 12.3 Å². The van der Waals surface area contributed by atoms with Gasteiger partial charge in [-0.3, -0.25) is 9.59 Å². The topological polar surface area (TPSA) is 54.7 Å². The second-order valence-electron chi connectivity index (χ2n) is 8.70. The van der Waals surface area contributed by atoms with Gasteiger partial charge in [0.1, 0.15) is 0 Å². The fourth-order valence-electron chi connectivity index (χ4n) is 5.46. The Morgan fingerprint density at radius 3 is 2.44 bits per heavy atom. The molecule has 1 saturated carbocycles. The molecule has 1 saturated heterocycles. The van der Waals surface area contributed by atoms with Crippen molar-refractivity contribution in [2.24, 2.45) is 28.8 Å². The molecule has 32 heavy (non-hydrogen) atoms. The van der Waals surface area contributed by atoms with E-state index >= 15 is 0 Å². The van der Waals surface area contributed by atoms with Crippen LogP contribution in [0.15, 0.2) is 65.9 Å². The van der Waals surface area contributed by atoms with Crippen molar-refractivity contribution in [2.75, 3.05) is 0 Å². The number of carbonyl (C=O) groups excluding carboxylic acids is 2. The summed E-state index contributed by atoms with van der Waals surface area (Å²) >= 11 is 12.4. The summed E-state index contributed by atoms with van der Waals surface area (Å²) < 4.78 is 2.08. The van der Waals surface area contributed by atoms with Crippen molar-refractivity contribution in [2.45, 2.75) is 13.0 Å². The summed E-state index contributed by atoms with van der Waals surface area (Å²) in [6.07, 6.45) is 8.66. The summed E-state index contributed by atoms with van der Waals surface area (Å²) in [6, 6.07) is 13.4. The smallest absolute Gasteiger partial charge is 0.254 e. The lowest BCUT2D eigenvalue weighted by Crippen LogP contribution is -2.28. The molecule has 1 aliphatic heterocycles. The van der Waals surface area contributed by atoms with Crippen molar-refractivity contribution >= 4 is 52.1 Å². The fourth-order valence-corrected chi connectivity index (χ4v) is 5.93. The Bertz CT molecular complexity index is 1310. The zero-order chi connectivity index (χ0) is 22.0. The number of aromatic nitrogens is 1. The van der Waals surface area contributed by atoms with Crippen LogP contribution in [-0.4, -0.2) is 27.6 Å². The summed E-state index contributed by atoms with van der Waals surface area (Å²) in [4.78, 5) is 25.8.